The average molecular weight is 495 g/mol. The minimum Gasteiger partial charge on any atom is -0.310 e. The van der Waals surface area contributed by atoms with E-state index in [1.165, 1.54) is 43.4 Å². The fourth-order valence-electron chi connectivity index (χ4n) is 4.50. The number of rotatable bonds is 7. The Morgan fingerprint density at radius 3 is 2.17 bits per heavy atom. The summed E-state index contributed by atoms with van der Waals surface area (Å²) in [6, 6.07) is 24.0. The van der Waals surface area contributed by atoms with Gasteiger partial charge in [0.15, 0.2) is 0 Å². The van der Waals surface area contributed by atoms with Crippen molar-refractivity contribution in [3.8, 4) is 0 Å². The van der Waals surface area contributed by atoms with Gasteiger partial charge in [-0.15, -0.1) is 18.3 Å². The van der Waals surface area contributed by atoms with Gasteiger partial charge in [-0.2, -0.15) is 0 Å². The van der Waals surface area contributed by atoms with Gasteiger partial charge in [-0.25, -0.2) is 0 Å². The molecule has 2 nitrogen and oxygen atoms in total. The number of hydrogen-bond acceptors (Lipinski definition) is 2. The van der Waals surface area contributed by atoms with Crippen LogP contribution in [0.3, 0.4) is 0 Å². The van der Waals surface area contributed by atoms with E-state index in [1.54, 1.807) is 6.08 Å². The van der Waals surface area contributed by atoms with Crippen LogP contribution in [0.25, 0.3) is 33.1 Å². The van der Waals surface area contributed by atoms with Gasteiger partial charge in [0, 0.05) is 21.7 Å². The zero-order valence-corrected chi connectivity index (χ0v) is 23.2. The third kappa shape index (κ3) is 5.43. The Labute approximate surface area is 221 Å². The Bertz CT molecular complexity index is 1420. The number of fused-ring (bicyclic) bond motifs is 3. The number of nitrogens with zero attached hydrogens (tertiary/aromatic N) is 1. The van der Waals surface area contributed by atoms with Crippen LogP contribution in [0, 0.1) is 0 Å². The van der Waals surface area contributed by atoms with Crippen LogP contribution < -0.4 is 5.32 Å². The second-order valence-corrected chi connectivity index (χ2v) is 9.62. The van der Waals surface area contributed by atoms with Gasteiger partial charge in [-0.3, -0.25) is 0 Å². The highest BCUT2D eigenvalue weighted by Gasteiger charge is 2.20. The number of nitrogens with one attached hydrogen (secondary N) is 1. The van der Waals surface area contributed by atoms with E-state index in [2.05, 4.69) is 129 Å². The van der Waals surface area contributed by atoms with Crippen molar-refractivity contribution < 1.29 is 0 Å². The maximum Gasteiger partial charge on any atom is 0.0552 e. The quantitative estimate of drug-likeness (QED) is 0.204. The highest BCUT2D eigenvalue weighted by molar-refractivity contribution is 7.99. The molecule has 1 heterocycles. The van der Waals surface area contributed by atoms with Crippen LogP contribution in [-0.4, -0.2) is 23.9 Å². The molecule has 3 heteroatoms. The second-order valence-electron chi connectivity index (χ2n) is 8.80. The molecule has 1 N–H and O–H groups in total. The molecular weight excluding hydrogens is 456 g/mol. The smallest absolute Gasteiger partial charge is 0.0552 e. The van der Waals surface area contributed by atoms with Crippen molar-refractivity contribution in [3.63, 3.8) is 0 Å². The maximum absolute atomic E-state index is 4.22. The Kier molecular flexibility index (Phi) is 9.58. The van der Waals surface area contributed by atoms with Crippen molar-refractivity contribution in [1.29, 1.82) is 0 Å². The third-order valence-electron chi connectivity index (χ3n) is 6.33. The van der Waals surface area contributed by atoms with Crippen molar-refractivity contribution in [2.24, 2.45) is 0 Å². The van der Waals surface area contributed by atoms with Crippen LogP contribution in [0.4, 0.5) is 0 Å². The number of allylic oxidation sites excluding steroid dienone is 3. The molecule has 0 amide bonds. The van der Waals surface area contributed by atoms with Crippen LogP contribution >= 0.6 is 11.8 Å². The van der Waals surface area contributed by atoms with Crippen LogP contribution in [0.2, 0.25) is 0 Å². The van der Waals surface area contributed by atoms with E-state index in [1.807, 2.05) is 25.7 Å². The van der Waals surface area contributed by atoms with Gasteiger partial charge in [-0.1, -0.05) is 78.9 Å². The van der Waals surface area contributed by atoms with Crippen LogP contribution in [0.5, 0.6) is 0 Å². The molecule has 3 aromatic carbocycles. The summed E-state index contributed by atoms with van der Waals surface area (Å²) in [7, 11) is 1.99. The monoisotopic (exact) mass is 494 g/mol. The minimum atomic E-state index is 0.0704. The predicted molar refractivity (Wildman–Crippen MR) is 164 cm³/mol. The SMILES string of the molecule is C=C(C)C(/C=C(/c1ccccc1)n1c2ccccc2c2c(SC)c(/C(C)=C/C)ccc21)NC.C=CC. The molecule has 0 aliphatic heterocycles. The standard InChI is InChI=1S/C30H32N2S.C3H6/c1-7-21(4)23-17-18-27-29(30(23)33-6)24-15-11-12-16-26(24)32(27)28(19-25(31-5)20(2)3)22-13-9-8-10-14-22;1-3-2/h7-19,25,31H,2H2,1,3-6H3;3H,1H2,2H3/b21-7+,28-19-;. The van der Waals surface area contributed by atoms with E-state index >= 15 is 0 Å². The first-order valence-corrected chi connectivity index (χ1v) is 13.6. The lowest BCUT2D eigenvalue weighted by Gasteiger charge is -2.19. The Balaban J connectivity index is 0.00000115. The maximum atomic E-state index is 4.22. The Morgan fingerprint density at radius 2 is 1.58 bits per heavy atom. The molecule has 0 saturated heterocycles. The summed E-state index contributed by atoms with van der Waals surface area (Å²) in [5, 5.41) is 6.01. The average Bonchev–Trinajstić information content (AvgIpc) is 3.23. The summed E-state index contributed by atoms with van der Waals surface area (Å²) >= 11 is 1.83. The predicted octanol–water partition coefficient (Wildman–Crippen LogP) is 9.19. The molecule has 0 aliphatic carbocycles. The van der Waals surface area contributed by atoms with Crippen LogP contribution in [0.15, 0.2) is 109 Å². The van der Waals surface area contributed by atoms with E-state index in [0.29, 0.717) is 0 Å². The Morgan fingerprint density at radius 1 is 0.944 bits per heavy atom. The molecule has 1 unspecified atom stereocenters. The molecule has 0 bridgehead atoms. The van der Waals surface area contributed by atoms with Gasteiger partial charge in [0.1, 0.15) is 0 Å². The first-order valence-electron chi connectivity index (χ1n) is 12.3. The normalized spacial score (nSPS) is 12.8. The number of hydrogen-bond donors (Lipinski definition) is 1. The van der Waals surface area contributed by atoms with Gasteiger partial charge >= 0.3 is 0 Å². The van der Waals surface area contributed by atoms with Gasteiger partial charge in [0.2, 0.25) is 0 Å². The van der Waals surface area contributed by atoms with Crippen molar-refractivity contribution in [2.75, 3.05) is 13.3 Å². The first-order chi connectivity index (χ1) is 17.4. The number of likely N-dealkylation sites (N-methyl/N-ethyl adjacent to an activating group) is 1. The van der Waals surface area contributed by atoms with E-state index in [9.17, 15) is 0 Å². The van der Waals surface area contributed by atoms with Crippen molar-refractivity contribution in [3.05, 3.63) is 115 Å². The largest absolute Gasteiger partial charge is 0.310 e. The summed E-state index contributed by atoms with van der Waals surface area (Å²) in [6.45, 7) is 15.8. The second kappa shape index (κ2) is 12.6. The summed E-state index contributed by atoms with van der Waals surface area (Å²) < 4.78 is 2.42. The fourth-order valence-corrected chi connectivity index (χ4v) is 5.37. The minimum absolute atomic E-state index is 0.0704. The molecular formula is C33H38N2S. The zero-order valence-electron chi connectivity index (χ0n) is 22.4. The van der Waals surface area contributed by atoms with E-state index in [0.717, 1.165) is 11.3 Å². The third-order valence-corrected chi connectivity index (χ3v) is 7.16. The summed E-state index contributed by atoms with van der Waals surface area (Å²) in [5.74, 6) is 0. The molecule has 0 aliphatic rings. The molecule has 186 valence electrons. The Hall–Kier alpha value is -3.27. The fraction of sp³-hybridized carbons (Fsp3) is 0.212. The molecule has 0 saturated carbocycles. The molecule has 4 aromatic rings. The van der Waals surface area contributed by atoms with Crippen molar-refractivity contribution in [1.82, 2.24) is 9.88 Å². The van der Waals surface area contributed by atoms with Gasteiger partial charge < -0.3 is 9.88 Å². The molecule has 0 fully saturated rings. The summed E-state index contributed by atoms with van der Waals surface area (Å²) in [4.78, 5) is 1.33. The molecule has 36 heavy (non-hydrogen) atoms. The first kappa shape index (κ1) is 27.3. The van der Waals surface area contributed by atoms with Gasteiger partial charge in [0.25, 0.3) is 0 Å². The van der Waals surface area contributed by atoms with E-state index in [4.69, 9.17) is 0 Å². The molecule has 0 spiro atoms. The lowest BCUT2D eigenvalue weighted by molar-refractivity contribution is 0.753. The molecule has 4 rings (SSSR count). The number of para-hydroxylation sites is 1. The topological polar surface area (TPSA) is 17.0 Å². The lowest BCUT2D eigenvalue weighted by atomic mass is 10.0. The number of benzene rings is 3. The van der Waals surface area contributed by atoms with E-state index in [-0.39, 0.29) is 6.04 Å². The van der Waals surface area contributed by atoms with Crippen LogP contribution in [0.1, 0.15) is 38.8 Å². The number of aromatic nitrogens is 1. The summed E-state index contributed by atoms with van der Waals surface area (Å²) in [6.07, 6.45) is 8.42. The molecule has 1 aromatic heterocycles. The highest BCUT2D eigenvalue weighted by atomic mass is 32.2. The molecule has 0 radical (unpaired) electrons. The summed E-state index contributed by atoms with van der Waals surface area (Å²) in [5.41, 5.74) is 8.47. The van der Waals surface area contributed by atoms with E-state index < -0.39 is 0 Å². The van der Waals surface area contributed by atoms with Crippen LogP contribution in [-0.2, 0) is 0 Å². The lowest BCUT2D eigenvalue weighted by Crippen LogP contribution is -2.24. The van der Waals surface area contributed by atoms with Gasteiger partial charge in [0.05, 0.1) is 16.7 Å². The number of thioether (sulfide) groups is 1. The van der Waals surface area contributed by atoms with Gasteiger partial charge in [-0.05, 0) is 75.9 Å². The highest BCUT2D eigenvalue weighted by Crippen LogP contribution is 2.42. The zero-order chi connectivity index (χ0) is 26.2. The van der Waals surface area contributed by atoms with Crippen molar-refractivity contribution >= 4 is 44.8 Å². The molecule has 1 atom stereocenters. The van der Waals surface area contributed by atoms with Crippen molar-refractivity contribution in [2.45, 2.75) is 38.6 Å².